The zero-order valence-corrected chi connectivity index (χ0v) is 17.8. The second kappa shape index (κ2) is 8.75. The minimum Gasteiger partial charge on any atom is -0.423 e. The van der Waals surface area contributed by atoms with Crippen LogP contribution in [-0.2, 0) is 11.3 Å². The molecule has 2 aromatic heterocycles. The molecule has 2 N–H and O–H groups in total. The summed E-state index contributed by atoms with van der Waals surface area (Å²) in [5.41, 5.74) is 3.00. The summed E-state index contributed by atoms with van der Waals surface area (Å²) in [5, 5.41) is 19.0. The van der Waals surface area contributed by atoms with Crippen LogP contribution < -0.4 is 10.4 Å². The summed E-state index contributed by atoms with van der Waals surface area (Å²) in [6.07, 6.45) is 4.26. The van der Waals surface area contributed by atoms with E-state index in [1.165, 1.54) is 12.8 Å². The van der Waals surface area contributed by atoms with Crippen molar-refractivity contribution in [3.8, 4) is 11.4 Å². The zero-order chi connectivity index (χ0) is 21.3. The van der Waals surface area contributed by atoms with Gasteiger partial charge in [0, 0.05) is 37.0 Å². The van der Waals surface area contributed by atoms with Crippen LogP contribution in [0.1, 0.15) is 33.6 Å². The maximum absolute atomic E-state index is 9.51. The smallest absolute Gasteiger partial charge is 0.423 e. The predicted octanol–water partition coefficient (Wildman–Crippen LogP) is 2.19. The highest BCUT2D eigenvalue weighted by Crippen LogP contribution is 2.30. The van der Waals surface area contributed by atoms with Crippen molar-refractivity contribution in [2.24, 2.45) is 0 Å². The largest absolute Gasteiger partial charge is 0.488 e. The van der Waals surface area contributed by atoms with E-state index in [-0.39, 0.29) is 0 Å². The average molecular weight is 408 g/mol. The van der Waals surface area contributed by atoms with Crippen molar-refractivity contribution in [3.05, 3.63) is 36.5 Å². The molecular weight excluding hydrogens is 379 g/mol. The highest BCUT2D eigenvalue weighted by Gasteiger charge is 2.28. The summed E-state index contributed by atoms with van der Waals surface area (Å²) < 4.78 is 7.68. The normalized spacial score (nSPS) is 19.0. The number of aromatic nitrogens is 3. The van der Waals surface area contributed by atoms with E-state index in [9.17, 15) is 10.0 Å². The molecule has 1 aliphatic rings. The van der Waals surface area contributed by atoms with Gasteiger partial charge in [-0.3, -0.25) is 0 Å². The van der Waals surface area contributed by atoms with Crippen LogP contribution in [0.25, 0.3) is 22.4 Å². The summed E-state index contributed by atoms with van der Waals surface area (Å²) in [6, 6.07) is 10.4. The molecule has 0 unspecified atom stereocenters. The summed E-state index contributed by atoms with van der Waals surface area (Å²) in [5.74, 6) is 1.80. The Morgan fingerprint density at radius 3 is 2.53 bits per heavy atom. The van der Waals surface area contributed by atoms with Crippen molar-refractivity contribution < 1.29 is 14.8 Å². The fourth-order valence-corrected chi connectivity index (χ4v) is 4.37. The molecule has 3 aromatic rings. The van der Waals surface area contributed by atoms with Gasteiger partial charge in [0.15, 0.2) is 0 Å². The standard InChI is InChI=1S/C22H29BN4O3/c1-4-30-12-11-26-20-9-8-18(23(28)29)13-19(20)25-22(26)17-7-10-21(24-14-17)27-15(2)5-6-16(27)3/h7-10,13-16,28-29H,4-6,11-12H2,1-3H3/t15-,16-/m0/s1. The fourth-order valence-electron chi connectivity index (χ4n) is 4.37. The van der Waals surface area contributed by atoms with Gasteiger partial charge in [0.1, 0.15) is 11.6 Å². The van der Waals surface area contributed by atoms with E-state index in [4.69, 9.17) is 14.7 Å². The van der Waals surface area contributed by atoms with Crippen LogP contribution >= 0.6 is 0 Å². The molecule has 1 aliphatic heterocycles. The van der Waals surface area contributed by atoms with E-state index in [2.05, 4.69) is 35.4 Å². The number of imidazole rings is 1. The molecule has 0 amide bonds. The number of pyridine rings is 1. The van der Waals surface area contributed by atoms with Crippen LogP contribution in [0.15, 0.2) is 36.5 Å². The van der Waals surface area contributed by atoms with Gasteiger partial charge in [-0.1, -0.05) is 6.07 Å². The lowest BCUT2D eigenvalue weighted by Gasteiger charge is -2.27. The Hall–Kier alpha value is -2.42. The minimum absolute atomic E-state index is 0.425. The molecular formula is C22H29BN4O3. The summed E-state index contributed by atoms with van der Waals surface area (Å²) >= 11 is 0. The number of nitrogens with zero attached hydrogens (tertiary/aromatic N) is 4. The molecule has 0 radical (unpaired) electrons. The van der Waals surface area contributed by atoms with E-state index in [1.807, 2.05) is 19.2 Å². The lowest BCUT2D eigenvalue weighted by Crippen LogP contribution is -2.33. The van der Waals surface area contributed by atoms with Crippen molar-refractivity contribution in [2.75, 3.05) is 18.1 Å². The van der Waals surface area contributed by atoms with Crippen LogP contribution in [0.2, 0.25) is 0 Å². The van der Waals surface area contributed by atoms with Gasteiger partial charge < -0.3 is 24.3 Å². The van der Waals surface area contributed by atoms with Gasteiger partial charge in [0.2, 0.25) is 0 Å². The molecule has 1 fully saturated rings. The third-order valence-corrected chi connectivity index (χ3v) is 5.96. The third kappa shape index (κ3) is 3.95. The molecule has 3 heterocycles. The van der Waals surface area contributed by atoms with Crippen LogP contribution in [-0.4, -0.2) is 57.0 Å². The first-order chi connectivity index (χ1) is 14.5. The SMILES string of the molecule is CCOCCn1c(-c2ccc(N3[C@@H](C)CC[C@@H]3C)nc2)nc2cc(B(O)O)ccc21. The average Bonchev–Trinajstić information content (AvgIpc) is 3.27. The molecule has 30 heavy (non-hydrogen) atoms. The van der Waals surface area contributed by atoms with Gasteiger partial charge in [0.05, 0.1) is 17.6 Å². The van der Waals surface area contributed by atoms with Gasteiger partial charge >= 0.3 is 7.12 Å². The molecule has 158 valence electrons. The lowest BCUT2D eigenvalue weighted by molar-refractivity contribution is 0.140. The minimum atomic E-state index is -1.52. The molecule has 0 spiro atoms. The second-order valence-corrected chi connectivity index (χ2v) is 7.99. The number of anilines is 1. The summed E-state index contributed by atoms with van der Waals surface area (Å²) in [4.78, 5) is 11.9. The van der Waals surface area contributed by atoms with Gasteiger partial charge in [-0.15, -0.1) is 0 Å². The molecule has 1 saturated heterocycles. The first-order valence-corrected chi connectivity index (χ1v) is 10.7. The number of hydrogen-bond donors (Lipinski definition) is 2. The maximum Gasteiger partial charge on any atom is 0.488 e. The number of ether oxygens (including phenoxy) is 1. The fraction of sp³-hybridized carbons (Fsp3) is 0.455. The van der Waals surface area contributed by atoms with Crippen LogP contribution in [0.3, 0.4) is 0 Å². The Morgan fingerprint density at radius 1 is 1.13 bits per heavy atom. The zero-order valence-electron chi connectivity index (χ0n) is 17.8. The molecule has 8 heteroatoms. The lowest BCUT2D eigenvalue weighted by atomic mass is 9.80. The van der Waals surface area contributed by atoms with Crippen molar-refractivity contribution >= 4 is 29.4 Å². The van der Waals surface area contributed by atoms with Crippen LogP contribution in [0, 0.1) is 0 Å². The van der Waals surface area contributed by atoms with Gasteiger partial charge in [0.25, 0.3) is 0 Å². The third-order valence-electron chi connectivity index (χ3n) is 5.96. The first-order valence-electron chi connectivity index (χ1n) is 10.7. The number of benzene rings is 1. The van der Waals surface area contributed by atoms with E-state index in [0.717, 1.165) is 28.2 Å². The van der Waals surface area contributed by atoms with Crippen molar-refractivity contribution in [1.82, 2.24) is 14.5 Å². The molecule has 2 atom stereocenters. The summed E-state index contributed by atoms with van der Waals surface area (Å²) in [6.45, 7) is 8.37. The van der Waals surface area contributed by atoms with Crippen molar-refractivity contribution in [2.45, 2.75) is 52.2 Å². The Bertz CT molecular complexity index is 996. The van der Waals surface area contributed by atoms with Crippen molar-refractivity contribution in [1.29, 1.82) is 0 Å². The van der Waals surface area contributed by atoms with E-state index in [0.29, 0.717) is 37.3 Å². The number of hydrogen-bond acceptors (Lipinski definition) is 6. The number of rotatable bonds is 7. The molecule has 0 bridgehead atoms. The quantitative estimate of drug-likeness (QED) is 0.461. The maximum atomic E-state index is 9.51. The van der Waals surface area contributed by atoms with Crippen molar-refractivity contribution in [3.63, 3.8) is 0 Å². The first kappa shape index (κ1) is 20.8. The van der Waals surface area contributed by atoms with Crippen LogP contribution in [0.4, 0.5) is 5.82 Å². The Morgan fingerprint density at radius 2 is 1.90 bits per heavy atom. The molecule has 0 saturated carbocycles. The highest BCUT2D eigenvalue weighted by atomic mass is 16.5. The topological polar surface area (TPSA) is 83.6 Å². The van der Waals surface area contributed by atoms with Gasteiger partial charge in [-0.05, 0) is 63.3 Å². The van der Waals surface area contributed by atoms with Crippen LogP contribution in [0.5, 0.6) is 0 Å². The van der Waals surface area contributed by atoms with Gasteiger partial charge in [-0.2, -0.15) is 0 Å². The predicted molar refractivity (Wildman–Crippen MR) is 120 cm³/mol. The highest BCUT2D eigenvalue weighted by molar-refractivity contribution is 6.58. The Balaban J connectivity index is 1.72. The van der Waals surface area contributed by atoms with E-state index in [1.54, 1.807) is 12.1 Å². The monoisotopic (exact) mass is 408 g/mol. The number of fused-ring (bicyclic) bond motifs is 1. The Kier molecular flexibility index (Phi) is 6.08. The second-order valence-electron chi connectivity index (χ2n) is 7.99. The van der Waals surface area contributed by atoms with Gasteiger partial charge in [-0.25, -0.2) is 9.97 Å². The molecule has 1 aromatic carbocycles. The molecule has 7 nitrogen and oxygen atoms in total. The Labute approximate surface area is 177 Å². The molecule has 4 rings (SSSR count). The molecule has 0 aliphatic carbocycles. The van der Waals surface area contributed by atoms with E-state index >= 15 is 0 Å². The summed E-state index contributed by atoms with van der Waals surface area (Å²) in [7, 11) is -1.52. The van der Waals surface area contributed by atoms with E-state index < -0.39 is 7.12 Å².